The van der Waals surface area contributed by atoms with Crippen molar-refractivity contribution in [2.75, 3.05) is 39.9 Å². The van der Waals surface area contributed by atoms with Gasteiger partial charge in [-0.05, 0) is 43.4 Å². The highest BCUT2D eigenvalue weighted by Crippen LogP contribution is 2.31. The fourth-order valence-electron chi connectivity index (χ4n) is 4.42. The van der Waals surface area contributed by atoms with E-state index in [-0.39, 0.29) is 37.8 Å². The predicted octanol–water partition coefficient (Wildman–Crippen LogP) is -0.745. The Morgan fingerprint density at radius 3 is 1.03 bits per heavy atom. The Morgan fingerprint density at radius 1 is 0.500 bits per heavy atom. The fourth-order valence-corrected chi connectivity index (χ4v) is 6.82. The molecule has 0 spiro atoms. The second-order valence-electron chi connectivity index (χ2n) is 11.7. The van der Waals surface area contributed by atoms with Gasteiger partial charge in [0.2, 0.25) is 0 Å². The molecule has 32 heteroatoms. The third-order valence-corrected chi connectivity index (χ3v) is 11.6. The van der Waals surface area contributed by atoms with Gasteiger partial charge in [-0.2, -0.15) is 21.7 Å². The van der Waals surface area contributed by atoms with Crippen molar-refractivity contribution in [2.45, 2.75) is 24.4 Å². The number of nitrogens with one attached hydrogen (secondary N) is 4. The summed E-state index contributed by atoms with van der Waals surface area (Å²) in [5, 5.41) is 0. The van der Waals surface area contributed by atoms with Crippen molar-refractivity contribution in [3.05, 3.63) is 71.8 Å². The van der Waals surface area contributed by atoms with Gasteiger partial charge in [-0.15, -0.1) is 0 Å². The number of esters is 2. The molecule has 4 amide bonds. The number of benzene rings is 2. The van der Waals surface area contributed by atoms with E-state index in [2.05, 4.69) is 40.7 Å². The highest BCUT2D eigenvalue weighted by molar-refractivity contribution is 7.38. The Hall–Kier alpha value is -4.82. The molecule has 4 aliphatic heterocycles. The Bertz CT molecular complexity index is 1930. The summed E-state index contributed by atoms with van der Waals surface area (Å²) in [7, 11) is -11.3. The third-order valence-electron chi connectivity index (χ3n) is 7.50. The first-order chi connectivity index (χ1) is 28.8. The van der Waals surface area contributed by atoms with E-state index in [0.717, 1.165) is 19.1 Å². The van der Waals surface area contributed by atoms with Gasteiger partial charge in [0, 0.05) is 19.0 Å². The minimum Gasteiger partial charge on any atom is -0.593 e. The molecule has 12 atom stereocenters. The summed E-state index contributed by atoms with van der Waals surface area (Å²) in [5.41, 5.74) is 10.0. The second kappa shape index (κ2) is 21.1. The molecule has 12 unspecified atom stereocenters. The molecular weight excluding hydrogens is 884 g/mol. The van der Waals surface area contributed by atoms with Crippen LogP contribution in [0.2, 0.25) is 0 Å². The SMILES string of the molecule is O=C(N=[P+]([O-])N1CN1)OC(COC(=O)c1ccccc1)C(OC(=O)N=[P+]([O-])N1CN1)C(OC(=O)N=[P+]([O-])N1CN1)C(COC(=O)c1ccccc1)OC(=O)N=[P+]([O-])N1CN1. The number of carbonyl (C=O) groups is 6. The smallest absolute Gasteiger partial charge is 0.473 e. The molecule has 318 valence electrons. The number of carbonyl (C=O) groups excluding carboxylic acids is 6. The van der Waals surface area contributed by atoms with Crippen LogP contribution in [0.4, 0.5) is 19.2 Å². The van der Waals surface area contributed by atoms with Gasteiger partial charge in [-0.3, -0.25) is 0 Å². The number of rotatable bonds is 17. The van der Waals surface area contributed by atoms with Gasteiger partial charge in [0.25, 0.3) is 32.4 Å². The van der Waals surface area contributed by atoms with Gasteiger partial charge in [-0.1, -0.05) is 36.4 Å². The van der Waals surface area contributed by atoms with Crippen LogP contribution in [0.25, 0.3) is 0 Å². The topological polar surface area (TPSA) is 399 Å². The lowest BCUT2D eigenvalue weighted by Crippen LogP contribution is -2.54. The van der Waals surface area contributed by atoms with E-state index >= 15 is 0 Å². The summed E-state index contributed by atoms with van der Waals surface area (Å²) in [5.74, 6) is -2.09. The molecule has 0 radical (unpaired) electrons. The Kier molecular flexibility index (Phi) is 15.7. The number of hydrogen-bond donors (Lipinski definition) is 4. The molecular formula is C28H30N12O16P4. The maximum atomic E-state index is 13.4. The monoisotopic (exact) mass is 914 g/mol. The number of hydrogen-bond acceptors (Lipinski definition) is 20. The molecule has 0 bridgehead atoms. The van der Waals surface area contributed by atoms with Crippen LogP contribution in [0.3, 0.4) is 0 Å². The maximum absolute atomic E-state index is 13.4. The van der Waals surface area contributed by atoms with Gasteiger partial charge in [-0.25, -0.2) is 28.8 Å². The van der Waals surface area contributed by atoms with E-state index in [0.29, 0.717) is 0 Å². The van der Waals surface area contributed by atoms with Crippen molar-refractivity contribution in [1.82, 2.24) is 40.8 Å². The lowest BCUT2D eigenvalue weighted by Gasteiger charge is -2.33. The van der Waals surface area contributed by atoms with Crippen LogP contribution in [0.15, 0.2) is 79.6 Å². The first kappa shape index (κ1) is 44.7. The van der Waals surface area contributed by atoms with Crippen molar-refractivity contribution in [1.29, 1.82) is 0 Å². The first-order valence-electron chi connectivity index (χ1n) is 16.9. The van der Waals surface area contributed by atoms with E-state index in [1.807, 2.05) is 0 Å². The number of amides is 4. The highest BCUT2D eigenvalue weighted by Gasteiger charge is 2.48. The Morgan fingerprint density at radius 2 is 0.767 bits per heavy atom. The third kappa shape index (κ3) is 14.1. The standard InChI is InChI=1S/C28H30N12O16P4/c41-23(17-7-3-1-4-8-17)51-11-19(53-25(43)33-57(47)37-13-29-37)21(55-27(45)35-59(49)39-15-31-39)22(56-28(46)36-60(50)40-16-32-40)20(54-26(44)34-58(48)38-14-30-38)12-52-24(42)18-9-5-2-6-10-18/h1-10,19-22,29-32H,11-16H2. The van der Waals surface area contributed by atoms with E-state index in [1.54, 1.807) is 12.1 Å². The molecule has 2 aromatic carbocycles. The molecule has 4 N–H and O–H groups in total. The van der Waals surface area contributed by atoms with Crippen LogP contribution in [0.1, 0.15) is 20.7 Å². The van der Waals surface area contributed by atoms with E-state index in [9.17, 15) is 48.3 Å². The highest BCUT2D eigenvalue weighted by atomic mass is 31.1. The molecule has 4 fully saturated rings. The zero-order chi connectivity index (χ0) is 42.8. The average Bonchev–Trinajstić information content (AvgIpc) is 4.05. The normalized spacial score (nSPS) is 22.8. The minimum atomic E-state index is -2.85. The van der Waals surface area contributed by atoms with Crippen molar-refractivity contribution in [2.24, 2.45) is 19.0 Å². The number of hydrazine groups is 4. The molecule has 4 saturated heterocycles. The van der Waals surface area contributed by atoms with Crippen LogP contribution in [0.5, 0.6) is 0 Å². The van der Waals surface area contributed by atoms with Gasteiger partial charge in [0.1, 0.15) is 39.9 Å². The number of ether oxygens (including phenoxy) is 6. The molecule has 0 saturated carbocycles. The average molecular weight is 915 g/mol. The molecule has 0 aliphatic carbocycles. The van der Waals surface area contributed by atoms with Gasteiger partial charge >= 0.3 is 36.3 Å². The Balaban J connectivity index is 1.42. The van der Waals surface area contributed by atoms with Crippen LogP contribution in [-0.4, -0.2) is 120 Å². The van der Waals surface area contributed by atoms with E-state index < -0.39 is 106 Å². The summed E-state index contributed by atoms with van der Waals surface area (Å²) in [6.07, 6.45) is -15.9. The van der Waals surface area contributed by atoms with Crippen LogP contribution < -0.4 is 41.3 Å². The molecule has 0 aromatic heterocycles. The fraction of sp³-hybridized carbons (Fsp3) is 0.357. The summed E-state index contributed by atoms with van der Waals surface area (Å²) in [6.45, 7) is -1.97. The van der Waals surface area contributed by atoms with E-state index in [4.69, 9.17) is 28.4 Å². The largest absolute Gasteiger partial charge is 0.593 e. The molecule has 28 nitrogen and oxygen atoms in total. The van der Waals surface area contributed by atoms with Gasteiger partial charge in [0.05, 0.1) is 11.1 Å². The zero-order valence-electron chi connectivity index (χ0n) is 30.2. The number of nitrogens with zero attached hydrogens (tertiary/aromatic N) is 8. The first-order valence-corrected chi connectivity index (χ1v) is 21.6. The summed E-state index contributed by atoms with van der Waals surface area (Å²) in [6, 6.07) is 14.6. The van der Waals surface area contributed by atoms with Crippen molar-refractivity contribution >= 4 is 68.7 Å². The quantitative estimate of drug-likeness (QED) is 0.0656. The zero-order valence-corrected chi connectivity index (χ0v) is 33.8. The van der Waals surface area contributed by atoms with Crippen LogP contribution in [0, 0.1) is 0 Å². The second-order valence-corrected chi connectivity index (χ2v) is 16.5. The predicted molar refractivity (Wildman–Crippen MR) is 191 cm³/mol. The molecule has 6 rings (SSSR count). The summed E-state index contributed by atoms with van der Waals surface area (Å²) < 4.78 is 50.1. The summed E-state index contributed by atoms with van der Waals surface area (Å²) >= 11 is 0. The van der Waals surface area contributed by atoms with Crippen molar-refractivity contribution < 1.29 is 76.8 Å². The van der Waals surface area contributed by atoms with Crippen molar-refractivity contribution in [3.8, 4) is 0 Å². The molecule has 2 aromatic rings. The summed E-state index contributed by atoms with van der Waals surface area (Å²) in [4.78, 5) is 130. The van der Waals surface area contributed by atoms with Gasteiger partial charge < -0.3 is 48.0 Å². The lowest BCUT2D eigenvalue weighted by molar-refractivity contribution is -0.164. The van der Waals surface area contributed by atoms with E-state index in [1.165, 1.54) is 48.5 Å². The minimum absolute atomic E-state index is 0.0278. The van der Waals surface area contributed by atoms with Gasteiger partial charge in [0.15, 0.2) is 24.4 Å². The van der Waals surface area contributed by atoms with Crippen LogP contribution in [-0.2, 0) is 28.4 Å². The lowest BCUT2D eigenvalue weighted by atomic mass is 10.0. The molecule has 4 aliphatic rings. The Labute approximate surface area is 340 Å². The van der Waals surface area contributed by atoms with Crippen LogP contribution >= 0.6 is 32.4 Å². The molecule has 60 heavy (non-hydrogen) atoms. The maximum Gasteiger partial charge on any atom is 0.473 e. The molecule has 4 heterocycles. The van der Waals surface area contributed by atoms with Crippen molar-refractivity contribution in [3.63, 3.8) is 0 Å².